The normalized spacial score (nSPS) is 15.9. The highest BCUT2D eigenvalue weighted by Crippen LogP contribution is 2.18. The highest BCUT2D eigenvalue weighted by Gasteiger charge is 2.15. The quantitative estimate of drug-likeness (QED) is 0.773. The first kappa shape index (κ1) is 10.1. The van der Waals surface area contributed by atoms with Crippen LogP contribution >= 0.6 is 0 Å². The van der Waals surface area contributed by atoms with Gasteiger partial charge in [0.05, 0.1) is 5.69 Å². The first-order valence-electron chi connectivity index (χ1n) is 5.22. The van der Waals surface area contributed by atoms with Crippen LogP contribution in [0.15, 0.2) is 18.5 Å². The Labute approximate surface area is 88.4 Å². The molecule has 1 heterocycles. The number of anilines is 1. The molecule has 1 N–H and O–H groups in total. The predicted octanol–water partition coefficient (Wildman–Crippen LogP) is 2.31. The molecule has 0 unspecified atom stereocenters. The third kappa shape index (κ3) is 2.14. The van der Waals surface area contributed by atoms with E-state index in [0.717, 1.165) is 12.8 Å². The molecule has 3 nitrogen and oxygen atoms in total. The zero-order valence-corrected chi connectivity index (χ0v) is 8.70. The molecule has 1 aromatic rings. The Kier molecular flexibility index (Phi) is 2.94. The maximum absolute atomic E-state index is 13.7. The third-order valence-corrected chi connectivity index (χ3v) is 2.55. The molecule has 15 heavy (non-hydrogen) atoms. The number of halogens is 1. The summed E-state index contributed by atoms with van der Waals surface area (Å²) in [5, 5.41) is 3.10. The van der Waals surface area contributed by atoms with Crippen molar-refractivity contribution < 1.29 is 4.39 Å². The van der Waals surface area contributed by atoms with Crippen LogP contribution in [-0.2, 0) is 6.42 Å². The number of nitrogens with zero attached hydrogens (tertiary/aromatic N) is 2. The first-order chi connectivity index (χ1) is 7.31. The molecular weight excluding hydrogens is 193 g/mol. The van der Waals surface area contributed by atoms with E-state index in [4.69, 9.17) is 0 Å². The van der Waals surface area contributed by atoms with Crippen LogP contribution in [0.25, 0.3) is 0 Å². The van der Waals surface area contributed by atoms with Crippen molar-refractivity contribution in [1.82, 2.24) is 9.97 Å². The van der Waals surface area contributed by atoms with Gasteiger partial charge in [-0.25, -0.2) is 14.4 Å². The van der Waals surface area contributed by atoms with Crippen molar-refractivity contribution in [1.29, 1.82) is 0 Å². The molecule has 0 saturated carbocycles. The van der Waals surface area contributed by atoms with Crippen LogP contribution in [0.4, 0.5) is 10.2 Å². The molecule has 2 rings (SSSR count). The fourth-order valence-electron chi connectivity index (χ4n) is 1.68. The van der Waals surface area contributed by atoms with E-state index in [0.29, 0.717) is 17.9 Å². The summed E-state index contributed by atoms with van der Waals surface area (Å²) in [5.41, 5.74) is 0.471. The Hall–Kier alpha value is -1.45. The van der Waals surface area contributed by atoms with Crippen molar-refractivity contribution in [3.05, 3.63) is 30.0 Å². The van der Waals surface area contributed by atoms with E-state index in [-0.39, 0.29) is 11.9 Å². The van der Waals surface area contributed by atoms with Crippen LogP contribution in [0.5, 0.6) is 0 Å². The zero-order valence-electron chi connectivity index (χ0n) is 8.70. The van der Waals surface area contributed by atoms with Crippen molar-refractivity contribution in [3.8, 4) is 0 Å². The van der Waals surface area contributed by atoms with E-state index in [1.54, 1.807) is 0 Å². The molecular formula is C11H14FN3. The van der Waals surface area contributed by atoms with Gasteiger partial charge in [0, 0.05) is 6.04 Å². The summed E-state index contributed by atoms with van der Waals surface area (Å²) < 4.78 is 13.7. The summed E-state index contributed by atoms with van der Waals surface area (Å²) >= 11 is 0. The maximum atomic E-state index is 13.7. The van der Waals surface area contributed by atoms with Gasteiger partial charge in [0.1, 0.15) is 6.33 Å². The maximum Gasteiger partial charge on any atom is 0.186 e. The number of hydrogen-bond donors (Lipinski definition) is 1. The summed E-state index contributed by atoms with van der Waals surface area (Å²) in [4.78, 5) is 7.82. The molecule has 0 bridgehead atoms. The number of rotatable bonds is 3. The van der Waals surface area contributed by atoms with Crippen molar-refractivity contribution in [3.63, 3.8) is 0 Å². The van der Waals surface area contributed by atoms with Crippen molar-refractivity contribution in [2.45, 2.75) is 32.2 Å². The van der Waals surface area contributed by atoms with Crippen molar-refractivity contribution in [2.24, 2.45) is 0 Å². The molecule has 0 aromatic carbocycles. The Bertz CT molecular complexity index is 368. The van der Waals surface area contributed by atoms with Gasteiger partial charge in [-0.2, -0.15) is 0 Å². The fraction of sp³-hybridized carbons (Fsp3) is 0.455. The van der Waals surface area contributed by atoms with E-state index in [1.807, 2.05) is 6.92 Å². The molecule has 1 aliphatic rings. The smallest absolute Gasteiger partial charge is 0.186 e. The number of aryl methyl sites for hydroxylation is 1. The molecule has 0 saturated heterocycles. The van der Waals surface area contributed by atoms with Gasteiger partial charge in [0.25, 0.3) is 0 Å². The lowest BCUT2D eigenvalue weighted by atomic mass is 10.2. The van der Waals surface area contributed by atoms with Crippen LogP contribution in [0.2, 0.25) is 0 Å². The fourth-order valence-corrected chi connectivity index (χ4v) is 1.68. The van der Waals surface area contributed by atoms with Gasteiger partial charge >= 0.3 is 0 Å². The van der Waals surface area contributed by atoms with Crippen LogP contribution in [0, 0.1) is 5.82 Å². The average Bonchev–Trinajstić information content (AvgIpc) is 2.74. The molecule has 1 aliphatic carbocycles. The second-order valence-electron chi connectivity index (χ2n) is 3.62. The second-order valence-corrected chi connectivity index (χ2v) is 3.62. The van der Waals surface area contributed by atoms with Gasteiger partial charge in [-0.05, 0) is 19.3 Å². The van der Waals surface area contributed by atoms with Crippen molar-refractivity contribution in [2.75, 3.05) is 5.32 Å². The molecule has 0 spiro atoms. The molecule has 80 valence electrons. The van der Waals surface area contributed by atoms with Crippen LogP contribution in [0.3, 0.4) is 0 Å². The lowest BCUT2D eigenvalue weighted by Crippen LogP contribution is -2.18. The highest BCUT2D eigenvalue weighted by atomic mass is 19.1. The largest absolute Gasteiger partial charge is 0.364 e. The number of aromatic nitrogens is 2. The number of hydrogen-bond acceptors (Lipinski definition) is 3. The average molecular weight is 207 g/mol. The van der Waals surface area contributed by atoms with E-state index < -0.39 is 0 Å². The Morgan fingerprint density at radius 1 is 1.40 bits per heavy atom. The second kappa shape index (κ2) is 4.38. The minimum absolute atomic E-state index is 0.277. The summed E-state index contributed by atoms with van der Waals surface area (Å²) in [7, 11) is 0. The van der Waals surface area contributed by atoms with E-state index in [2.05, 4.69) is 27.4 Å². The highest BCUT2D eigenvalue weighted by molar-refractivity contribution is 5.39. The lowest BCUT2D eigenvalue weighted by Gasteiger charge is -2.13. The topological polar surface area (TPSA) is 37.8 Å². The molecule has 0 atom stereocenters. The van der Waals surface area contributed by atoms with Gasteiger partial charge in [-0.3, -0.25) is 0 Å². The Balaban J connectivity index is 2.13. The molecule has 0 radical (unpaired) electrons. The molecule has 1 aromatic heterocycles. The SMILES string of the molecule is CCc1ncnc(NC2CC=CC2)c1F. The van der Waals surface area contributed by atoms with E-state index >= 15 is 0 Å². The van der Waals surface area contributed by atoms with Gasteiger partial charge in [0.15, 0.2) is 11.6 Å². The minimum atomic E-state index is -0.313. The predicted molar refractivity (Wildman–Crippen MR) is 57.2 cm³/mol. The van der Waals surface area contributed by atoms with E-state index in [1.165, 1.54) is 6.33 Å². The zero-order chi connectivity index (χ0) is 10.7. The summed E-state index contributed by atoms with van der Waals surface area (Å²) in [6.45, 7) is 1.88. The van der Waals surface area contributed by atoms with E-state index in [9.17, 15) is 4.39 Å². The number of nitrogens with one attached hydrogen (secondary N) is 1. The lowest BCUT2D eigenvalue weighted by molar-refractivity contribution is 0.592. The standard InChI is InChI=1S/C11H14FN3/c1-2-9-10(12)11(14-7-13-9)15-8-5-3-4-6-8/h3-4,7-8H,2,5-6H2,1H3,(H,13,14,15). The monoisotopic (exact) mass is 207 g/mol. The molecule has 0 amide bonds. The van der Waals surface area contributed by atoms with Crippen LogP contribution in [-0.4, -0.2) is 16.0 Å². The van der Waals surface area contributed by atoms with Crippen molar-refractivity contribution >= 4 is 5.82 Å². The summed E-state index contributed by atoms with van der Waals surface area (Å²) in [5.74, 6) is 0.0162. The van der Waals surface area contributed by atoms with Gasteiger partial charge in [-0.15, -0.1) is 0 Å². The summed E-state index contributed by atoms with van der Waals surface area (Å²) in [6, 6.07) is 0.277. The molecule has 0 aliphatic heterocycles. The Morgan fingerprint density at radius 2 is 2.13 bits per heavy atom. The van der Waals surface area contributed by atoms with Crippen LogP contribution in [0.1, 0.15) is 25.5 Å². The summed E-state index contributed by atoms with van der Waals surface area (Å²) in [6.07, 6.45) is 8.06. The van der Waals surface area contributed by atoms with Gasteiger partial charge in [0.2, 0.25) is 0 Å². The molecule has 4 heteroatoms. The molecule has 0 fully saturated rings. The van der Waals surface area contributed by atoms with Gasteiger partial charge < -0.3 is 5.32 Å². The third-order valence-electron chi connectivity index (χ3n) is 2.55. The minimum Gasteiger partial charge on any atom is -0.364 e. The first-order valence-corrected chi connectivity index (χ1v) is 5.22. The van der Waals surface area contributed by atoms with Crippen LogP contribution < -0.4 is 5.32 Å². The Morgan fingerprint density at radius 3 is 2.80 bits per heavy atom. The van der Waals surface area contributed by atoms with Gasteiger partial charge in [-0.1, -0.05) is 19.1 Å².